The lowest BCUT2D eigenvalue weighted by molar-refractivity contribution is 0.0698. The number of carboxylic acid groups (broad SMARTS) is 1. The highest BCUT2D eigenvalue weighted by Gasteiger charge is 2.13. The third kappa shape index (κ3) is 3.23. The lowest BCUT2D eigenvalue weighted by atomic mass is 10.2. The number of hydrogen-bond acceptors (Lipinski definition) is 3. The number of amides is 1. The molecule has 0 aliphatic heterocycles. The summed E-state index contributed by atoms with van der Waals surface area (Å²) in [5.41, 5.74) is 0.205. The third-order valence-electron chi connectivity index (χ3n) is 1.72. The van der Waals surface area contributed by atoms with Gasteiger partial charge in [0.2, 0.25) is 0 Å². The van der Waals surface area contributed by atoms with Gasteiger partial charge in [0.1, 0.15) is 0 Å². The maximum absolute atomic E-state index is 11.1. The Morgan fingerprint density at radius 1 is 1.50 bits per heavy atom. The minimum Gasteiger partial charge on any atom is -0.478 e. The molecule has 1 aromatic carbocycles. The fraction of sp³-hybridized carbons (Fsp3) is 0.200. The molecule has 0 heterocycles. The highest BCUT2D eigenvalue weighted by Crippen LogP contribution is 2.21. The number of halogens is 1. The van der Waals surface area contributed by atoms with E-state index in [4.69, 9.17) is 5.11 Å². The zero-order valence-electron chi connectivity index (χ0n) is 8.49. The van der Waals surface area contributed by atoms with Gasteiger partial charge in [-0.05, 0) is 25.1 Å². The Bertz CT molecular complexity index is 419. The van der Waals surface area contributed by atoms with Gasteiger partial charge in [-0.25, -0.2) is 9.59 Å². The summed E-state index contributed by atoms with van der Waals surface area (Å²) in [5, 5.41) is 11.3. The summed E-state index contributed by atoms with van der Waals surface area (Å²) in [6.07, 6.45) is -0.674. The zero-order valence-corrected chi connectivity index (χ0v) is 10.1. The molecule has 0 saturated carbocycles. The SMILES string of the molecule is CCOC(=O)Nc1ccc(Br)cc1C(=O)O. The molecule has 6 heteroatoms. The van der Waals surface area contributed by atoms with Gasteiger partial charge >= 0.3 is 12.1 Å². The normalized spacial score (nSPS) is 9.62. The predicted molar refractivity (Wildman–Crippen MR) is 61.7 cm³/mol. The van der Waals surface area contributed by atoms with Gasteiger partial charge in [-0.2, -0.15) is 0 Å². The number of rotatable bonds is 3. The quantitative estimate of drug-likeness (QED) is 0.896. The standard InChI is InChI=1S/C10H10BrNO4/c1-2-16-10(15)12-8-4-3-6(11)5-7(8)9(13)14/h3-5H,2H2,1H3,(H,12,15)(H,13,14). The van der Waals surface area contributed by atoms with Crippen molar-refractivity contribution in [1.82, 2.24) is 0 Å². The predicted octanol–water partition coefficient (Wildman–Crippen LogP) is 2.72. The number of ether oxygens (including phenoxy) is 1. The molecule has 0 unspecified atom stereocenters. The first-order valence-corrected chi connectivity index (χ1v) is 5.30. The van der Waals surface area contributed by atoms with Crippen LogP contribution in [0, 0.1) is 0 Å². The minimum atomic E-state index is -1.12. The zero-order chi connectivity index (χ0) is 12.1. The highest BCUT2D eigenvalue weighted by molar-refractivity contribution is 9.10. The molecule has 16 heavy (non-hydrogen) atoms. The van der Waals surface area contributed by atoms with Crippen LogP contribution >= 0.6 is 15.9 Å². The van der Waals surface area contributed by atoms with Crippen LogP contribution in [-0.2, 0) is 4.74 Å². The molecule has 0 spiro atoms. The molecule has 1 aromatic rings. The van der Waals surface area contributed by atoms with Crippen LogP contribution in [0.5, 0.6) is 0 Å². The van der Waals surface area contributed by atoms with E-state index < -0.39 is 12.1 Å². The lowest BCUT2D eigenvalue weighted by Gasteiger charge is -2.08. The first-order chi connectivity index (χ1) is 7.54. The van der Waals surface area contributed by atoms with Crippen LogP contribution in [-0.4, -0.2) is 23.8 Å². The Labute approximate surface area is 101 Å². The second-order valence-electron chi connectivity index (χ2n) is 2.84. The van der Waals surface area contributed by atoms with E-state index in [-0.39, 0.29) is 17.9 Å². The van der Waals surface area contributed by atoms with Crippen molar-refractivity contribution in [3.05, 3.63) is 28.2 Å². The molecule has 0 fully saturated rings. The van der Waals surface area contributed by atoms with E-state index in [1.807, 2.05) is 0 Å². The number of hydrogen-bond donors (Lipinski definition) is 2. The molecule has 2 N–H and O–H groups in total. The molecular formula is C10H10BrNO4. The van der Waals surface area contributed by atoms with Crippen LogP contribution in [0.4, 0.5) is 10.5 Å². The molecule has 1 amide bonds. The van der Waals surface area contributed by atoms with E-state index in [1.165, 1.54) is 12.1 Å². The minimum absolute atomic E-state index is 0.00225. The van der Waals surface area contributed by atoms with Crippen LogP contribution in [0.15, 0.2) is 22.7 Å². The van der Waals surface area contributed by atoms with E-state index in [9.17, 15) is 9.59 Å². The van der Waals surface area contributed by atoms with E-state index >= 15 is 0 Å². The maximum Gasteiger partial charge on any atom is 0.411 e. The van der Waals surface area contributed by atoms with Crippen LogP contribution in [0.25, 0.3) is 0 Å². The fourth-order valence-corrected chi connectivity index (χ4v) is 1.44. The van der Waals surface area contributed by atoms with Gasteiger partial charge in [0, 0.05) is 4.47 Å². The highest BCUT2D eigenvalue weighted by atomic mass is 79.9. The van der Waals surface area contributed by atoms with Gasteiger partial charge < -0.3 is 9.84 Å². The summed E-state index contributed by atoms with van der Waals surface area (Å²) in [4.78, 5) is 22.0. The van der Waals surface area contributed by atoms with Crippen LogP contribution in [0.1, 0.15) is 17.3 Å². The van der Waals surface area contributed by atoms with Crippen molar-refractivity contribution in [3.63, 3.8) is 0 Å². The summed E-state index contributed by atoms with van der Waals surface area (Å²) >= 11 is 3.15. The van der Waals surface area contributed by atoms with Gasteiger partial charge in [0.25, 0.3) is 0 Å². The molecule has 0 aliphatic carbocycles. The van der Waals surface area contributed by atoms with E-state index in [0.717, 1.165) is 0 Å². The van der Waals surface area contributed by atoms with Crippen molar-refractivity contribution in [2.75, 3.05) is 11.9 Å². The molecule has 0 atom stereocenters. The van der Waals surface area contributed by atoms with Crippen LogP contribution < -0.4 is 5.32 Å². The molecule has 0 radical (unpaired) electrons. The summed E-state index contributed by atoms with van der Waals surface area (Å²) in [7, 11) is 0. The Morgan fingerprint density at radius 3 is 2.75 bits per heavy atom. The van der Waals surface area contributed by atoms with E-state index in [1.54, 1.807) is 13.0 Å². The van der Waals surface area contributed by atoms with Crippen molar-refractivity contribution in [3.8, 4) is 0 Å². The Hall–Kier alpha value is -1.56. The van der Waals surface area contributed by atoms with Crippen molar-refractivity contribution >= 4 is 33.7 Å². The molecular weight excluding hydrogens is 278 g/mol. The number of carbonyl (C=O) groups excluding carboxylic acids is 1. The summed E-state index contributed by atoms with van der Waals surface area (Å²) in [6, 6.07) is 4.53. The van der Waals surface area contributed by atoms with Gasteiger partial charge in [-0.3, -0.25) is 5.32 Å². The van der Waals surface area contributed by atoms with Crippen molar-refractivity contribution in [1.29, 1.82) is 0 Å². The van der Waals surface area contributed by atoms with E-state index in [2.05, 4.69) is 26.0 Å². The smallest absolute Gasteiger partial charge is 0.411 e. The number of carboxylic acids is 1. The summed E-state index contributed by atoms with van der Waals surface area (Å²) < 4.78 is 5.28. The largest absolute Gasteiger partial charge is 0.478 e. The third-order valence-corrected chi connectivity index (χ3v) is 2.22. The first-order valence-electron chi connectivity index (χ1n) is 4.51. The number of aromatic carboxylic acids is 1. The topological polar surface area (TPSA) is 75.6 Å². The maximum atomic E-state index is 11.1. The molecule has 0 aliphatic rings. The molecule has 1 rings (SSSR count). The number of anilines is 1. The van der Waals surface area contributed by atoms with Crippen molar-refractivity contribution < 1.29 is 19.4 Å². The fourth-order valence-electron chi connectivity index (χ4n) is 1.08. The number of nitrogens with one attached hydrogen (secondary N) is 1. The van der Waals surface area contributed by atoms with Gasteiger partial charge in [0.05, 0.1) is 17.9 Å². The first kappa shape index (κ1) is 12.5. The Kier molecular flexibility index (Phi) is 4.30. The summed E-state index contributed by atoms with van der Waals surface area (Å²) in [6.45, 7) is 1.89. The molecule has 0 bridgehead atoms. The number of carbonyl (C=O) groups is 2. The summed E-state index contributed by atoms with van der Waals surface area (Å²) in [5.74, 6) is -1.12. The Balaban J connectivity index is 2.95. The van der Waals surface area contributed by atoms with Crippen LogP contribution in [0.3, 0.4) is 0 Å². The molecule has 0 aromatic heterocycles. The second kappa shape index (κ2) is 5.50. The number of benzene rings is 1. The average molecular weight is 288 g/mol. The second-order valence-corrected chi connectivity index (χ2v) is 3.76. The van der Waals surface area contributed by atoms with Gasteiger partial charge in [-0.15, -0.1) is 0 Å². The van der Waals surface area contributed by atoms with Crippen molar-refractivity contribution in [2.45, 2.75) is 6.92 Å². The molecule has 5 nitrogen and oxygen atoms in total. The van der Waals surface area contributed by atoms with Crippen LogP contribution in [0.2, 0.25) is 0 Å². The van der Waals surface area contributed by atoms with Crippen molar-refractivity contribution in [2.24, 2.45) is 0 Å². The average Bonchev–Trinajstić information content (AvgIpc) is 2.20. The van der Waals surface area contributed by atoms with Gasteiger partial charge in [-0.1, -0.05) is 15.9 Å². The van der Waals surface area contributed by atoms with E-state index in [0.29, 0.717) is 4.47 Å². The molecule has 86 valence electrons. The molecule has 0 saturated heterocycles. The van der Waals surface area contributed by atoms with Gasteiger partial charge in [0.15, 0.2) is 0 Å². The lowest BCUT2D eigenvalue weighted by Crippen LogP contribution is -2.15. The monoisotopic (exact) mass is 287 g/mol. The Morgan fingerprint density at radius 2 is 2.19 bits per heavy atom.